The van der Waals surface area contributed by atoms with Crippen LogP contribution in [0.1, 0.15) is 38.2 Å². The van der Waals surface area contributed by atoms with Crippen LogP contribution in [0, 0.1) is 11.3 Å². The molecule has 1 atom stereocenters. The number of amidine groups is 1. The monoisotopic (exact) mass is 346 g/mol. The molecule has 1 aromatic rings. The zero-order chi connectivity index (χ0) is 18.4. The molecule has 0 aromatic heterocycles. The number of hydrogen-bond acceptors (Lipinski definition) is 4. The Morgan fingerprint density at radius 2 is 1.92 bits per heavy atom. The van der Waals surface area contributed by atoms with Gasteiger partial charge in [0, 0.05) is 17.7 Å². The number of piperidine rings is 1. The number of carbonyl (C=O) groups is 2. The van der Waals surface area contributed by atoms with Gasteiger partial charge in [0.05, 0.1) is 0 Å². The van der Waals surface area contributed by atoms with Gasteiger partial charge in [-0.05, 0) is 69.5 Å². The smallest absolute Gasteiger partial charge is 0.320 e. The van der Waals surface area contributed by atoms with Crippen molar-refractivity contribution in [2.75, 3.05) is 18.4 Å². The molecule has 0 bridgehead atoms. The molecule has 7 nitrogen and oxygen atoms in total. The predicted octanol–water partition coefficient (Wildman–Crippen LogP) is 1.87. The topological polar surface area (TPSA) is 120 Å². The number of hydrogen-bond donors (Lipinski definition) is 4. The summed E-state index contributed by atoms with van der Waals surface area (Å²) in [7, 11) is 0. The normalized spacial score (nSPS) is 17.0. The number of nitrogens with two attached hydrogens (primary N) is 1. The fourth-order valence-corrected chi connectivity index (χ4v) is 3.08. The number of carboxylic acid groups (broad SMARTS) is 1. The molecule has 0 saturated carbocycles. The quantitative estimate of drug-likeness (QED) is 0.444. The van der Waals surface area contributed by atoms with Crippen LogP contribution in [0.5, 0.6) is 0 Å². The first-order valence-electron chi connectivity index (χ1n) is 8.58. The largest absolute Gasteiger partial charge is 0.480 e. The van der Waals surface area contributed by atoms with Gasteiger partial charge < -0.3 is 16.2 Å². The van der Waals surface area contributed by atoms with E-state index in [9.17, 15) is 9.59 Å². The van der Waals surface area contributed by atoms with E-state index in [2.05, 4.69) is 5.32 Å². The van der Waals surface area contributed by atoms with E-state index in [1.54, 1.807) is 31.2 Å². The Morgan fingerprint density at radius 1 is 1.32 bits per heavy atom. The van der Waals surface area contributed by atoms with E-state index in [1.165, 1.54) is 0 Å². The molecule has 1 aliphatic heterocycles. The third-order valence-corrected chi connectivity index (χ3v) is 4.81. The fraction of sp³-hybridized carbons (Fsp3) is 0.500. The van der Waals surface area contributed by atoms with Gasteiger partial charge in [0.2, 0.25) is 5.91 Å². The second-order valence-electron chi connectivity index (χ2n) is 6.57. The maximum Gasteiger partial charge on any atom is 0.320 e. The molecule has 1 saturated heterocycles. The number of rotatable bonds is 7. The summed E-state index contributed by atoms with van der Waals surface area (Å²) in [5.41, 5.74) is 6.72. The van der Waals surface area contributed by atoms with Gasteiger partial charge >= 0.3 is 5.97 Å². The molecule has 136 valence electrons. The van der Waals surface area contributed by atoms with Crippen LogP contribution in [0.4, 0.5) is 5.69 Å². The molecule has 0 aliphatic carbocycles. The lowest BCUT2D eigenvalue weighted by Gasteiger charge is -2.34. The molecule has 1 unspecified atom stereocenters. The fourth-order valence-electron chi connectivity index (χ4n) is 3.08. The number of likely N-dealkylation sites (tertiary alicyclic amines) is 1. The maximum absolute atomic E-state index is 12.1. The molecule has 0 radical (unpaired) electrons. The Kier molecular flexibility index (Phi) is 6.52. The van der Waals surface area contributed by atoms with Crippen molar-refractivity contribution in [1.82, 2.24) is 4.90 Å². The number of nitrogens with one attached hydrogen (secondary N) is 2. The lowest BCUT2D eigenvalue weighted by molar-refractivity contribution is -0.143. The molecule has 7 heteroatoms. The van der Waals surface area contributed by atoms with Crippen molar-refractivity contribution in [3.8, 4) is 0 Å². The van der Waals surface area contributed by atoms with Crippen LogP contribution in [-0.2, 0) is 9.59 Å². The summed E-state index contributed by atoms with van der Waals surface area (Å²) in [6.45, 7) is 3.26. The number of nitrogens with zero attached hydrogens (tertiary/aromatic N) is 1. The first kappa shape index (κ1) is 18.9. The molecular weight excluding hydrogens is 320 g/mol. The van der Waals surface area contributed by atoms with Gasteiger partial charge in [-0.25, -0.2) is 0 Å². The zero-order valence-corrected chi connectivity index (χ0v) is 14.5. The Hall–Kier alpha value is -2.41. The van der Waals surface area contributed by atoms with Gasteiger partial charge in [-0.3, -0.25) is 19.9 Å². The van der Waals surface area contributed by atoms with E-state index in [-0.39, 0.29) is 11.7 Å². The molecule has 25 heavy (non-hydrogen) atoms. The number of amides is 1. The predicted molar refractivity (Wildman–Crippen MR) is 96.7 cm³/mol. The summed E-state index contributed by atoms with van der Waals surface area (Å²) in [5.74, 6) is -0.352. The third kappa shape index (κ3) is 5.56. The lowest BCUT2D eigenvalue weighted by Crippen LogP contribution is -2.44. The second kappa shape index (κ2) is 8.62. The molecule has 1 amide bonds. The van der Waals surface area contributed by atoms with Crippen molar-refractivity contribution in [2.45, 2.75) is 38.6 Å². The van der Waals surface area contributed by atoms with Crippen LogP contribution in [-0.4, -0.2) is 46.8 Å². The lowest BCUT2D eigenvalue weighted by atomic mass is 9.91. The minimum Gasteiger partial charge on any atom is -0.480 e. The highest BCUT2D eigenvalue weighted by Gasteiger charge is 2.26. The van der Waals surface area contributed by atoms with Gasteiger partial charge in [-0.15, -0.1) is 0 Å². The van der Waals surface area contributed by atoms with Crippen LogP contribution in [0.15, 0.2) is 24.3 Å². The van der Waals surface area contributed by atoms with Gasteiger partial charge in [0.15, 0.2) is 0 Å². The van der Waals surface area contributed by atoms with E-state index in [4.69, 9.17) is 16.2 Å². The number of carbonyl (C=O) groups excluding carboxylic acids is 1. The van der Waals surface area contributed by atoms with Crippen LogP contribution in [0.2, 0.25) is 0 Å². The average molecular weight is 346 g/mol. The number of anilines is 1. The SMILES string of the molecule is CC(C(=O)O)N1CCC(CCC(=O)Nc2ccc(C(=N)N)cc2)CC1. The highest BCUT2D eigenvalue weighted by Crippen LogP contribution is 2.23. The van der Waals surface area contributed by atoms with E-state index >= 15 is 0 Å². The Labute approximate surface area is 147 Å². The first-order chi connectivity index (χ1) is 11.9. The van der Waals surface area contributed by atoms with Gasteiger partial charge in [0.1, 0.15) is 11.9 Å². The molecule has 5 N–H and O–H groups in total. The summed E-state index contributed by atoms with van der Waals surface area (Å²) in [5, 5.41) is 19.2. The van der Waals surface area contributed by atoms with Crippen LogP contribution >= 0.6 is 0 Å². The maximum atomic E-state index is 12.1. The van der Waals surface area contributed by atoms with E-state index in [0.717, 1.165) is 32.4 Å². The van der Waals surface area contributed by atoms with Crippen LogP contribution in [0.3, 0.4) is 0 Å². The van der Waals surface area contributed by atoms with Crippen molar-refractivity contribution in [3.63, 3.8) is 0 Å². The Balaban J connectivity index is 1.72. The number of carboxylic acids is 1. The highest BCUT2D eigenvalue weighted by molar-refractivity contribution is 5.96. The molecule has 1 fully saturated rings. The van der Waals surface area contributed by atoms with Crippen molar-refractivity contribution in [2.24, 2.45) is 11.7 Å². The zero-order valence-electron chi connectivity index (χ0n) is 14.5. The van der Waals surface area contributed by atoms with E-state index in [0.29, 0.717) is 23.6 Å². The molecule has 0 spiro atoms. The van der Waals surface area contributed by atoms with Gasteiger partial charge in [0.25, 0.3) is 0 Å². The molecule has 1 aliphatic rings. The second-order valence-corrected chi connectivity index (χ2v) is 6.57. The first-order valence-corrected chi connectivity index (χ1v) is 8.58. The van der Waals surface area contributed by atoms with E-state index < -0.39 is 12.0 Å². The van der Waals surface area contributed by atoms with Crippen molar-refractivity contribution in [1.29, 1.82) is 5.41 Å². The Bertz CT molecular complexity index is 622. The van der Waals surface area contributed by atoms with Gasteiger partial charge in [-0.2, -0.15) is 0 Å². The summed E-state index contributed by atoms with van der Waals surface area (Å²) < 4.78 is 0. The average Bonchev–Trinajstić information content (AvgIpc) is 2.60. The van der Waals surface area contributed by atoms with Gasteiger partial charge in [-0.1, -0.05) is 0 Å². The summed E-state index contributed by atoms with van der Waals surface area (Å²) >= 11 is 0. The number of aliphatic carboxylic acids is 1. The minimum atomic E-state index is -0.784. The van der Waals surface area contributed by atoms with Crippen molar-refractivity contribution < 1.29 is 14.7 Å². The minimum absolute atomic E-state index is 0.00133. The van der Waals surface area contributed by atoms with E-state index in [1.807, 2.05) is 4.90 Å². The summed E-state index contributed by atoms with van der Waals surface area (Å²) in [6.07, 6.45) is 3.12. The van der Waals surface area contributed by atoms with Crippen molar-refractivity contribution >= 4 is 23.4 Å². The molecule has 1 heterocycles. The van der Waals surface area contributed by atoms with Crippen LogP contribution in [0.25, 0.3) is 0 Å². The standard InChI is InChI=1S/C18H26N4O3/c1-12(18(24)25)22-10-8-13(9-11-22)2-7-16(23)21-15-5-3-14(4-6-15)17(19)20/h3-6,12-13H,2,7-11H2,1H3,(H3,19,20)(H,21,23)(H,24,25). The third-order valence-electron chi connectivity index (χ3n) is 4.81. The number of benzene rings is 1. The molecule has 2 rings (SSSR count). The number of nitrogen functional groups attached to an aromatic ring is 1. The summed E-state index contributed by atoms with van der Waals surface area (Å²) in [4.78, 5) is 25.1. The Morgan fingerprint density at radius 3 is 2.44 bits per heavy atom. The molecular formula is C18H26N4O3. The summed E-state index contributed by atoms with van der Waals surface area (Å²) in [6, 6.07) is 6.44. The van der Waals surface area contributed by atoms with Crippen molar-refractivity contribution in [3.05, 3.63) is 29.8 Å². The van der Waals surface area contributed by atoms with Crippen LogP contribution < -0.4 is 11.1 Å². The highest BCUT2D eigenvalue weighted by atomic mass is 16.4. The molecule has 1 aromatic carbocycles.